The number of rotatable bonds is 4. The summed E-state index contributed by atoms with van der Waals surface area (Å²) in [5.74, 6) is -0.211. The van der Waals surface area contributed by atoms with Crippen molar-refractivity contribution in [3.05, 3.63) is 59.9 Å². The van der Waals surface area contributed by atoms with E-state index in [1.165, 1.54) is 16.7 Å². The maximum absolute atomic E-state index is 12.7. The van der Waals surface area contributed by atoms with E-state index in [2.05, 4.69) is 10.3 Å². The van der Waals surface area contributed by atoms with Gasteiger partial charge in [-0.05, 0) is 30.3 Å². The van der Waals surface area contributed by atoms with Gasteiger partial charge in [-0.2, -0.15) is 13.2 Å². The normalized spacial score (nSPS) is 11.7. The van der Waals surface area contributed by atoms with Crippen LogP contribution in [0.25, 0.3) is 11.0 Å². The zero-order valence-corrected chi connectivity index (χ0v) is 12.9. The molecule has 1 amide bonds. The molecule has 0 atom stereocenters. The molecule has 0 bridgehead atoms. The summed E-state index contributed by atoms with van der Waals surface area (Å²) in [7, 11) is 0. The van der Waals surface area contributed by atoms with Crippen LogP contribution in [-0.2, 0) is 24.1 Å². The number of hydrogen-bond donors (Lipinski definition) is 2. The topological polar surface area (TPSA) is 67.2 Å². The predicted octanol–water partition coefficient (Wildman–Crippen LogP) is 3.19. The summed E-state index contributed by atoms with van der Waals surface area (Å²) in [4.78, 5) is 16.5. The number of carbonyl (C=O) groups excluding carboxylic acids is 1. The molecular formula is C17H14F3N3O2. The second-order valence-corrected chi connectivity index (χ2v) is 5.39. The van der Waals surface area contributed by atoms with Crippen LogP contribution < -0.4 is 5.32 Å². The Labute approximate surface area is 140 Å². The molecule has 0 aliphatic heterocycles. The van der Waals surface area contributed by atoms with E-state index in [1.807, 2.05) is 0 Å². The van der Waals surface area contributed by atoms with Gasteiger partial charge in [0.25, 0.3) is 0 Å². The number of aromatic nitrogens is 2. The minimum Gasteiger partial charge on any atom is -0.388 e. The number of halogens is 3. The molecule has 0 radical (unpaired) electrons. The molecule has 0 unspecified atom stereocenters. The van der Waals surface area contributed by atoms with Gasteiger partial charge in [-0.15, -0.1) is 0 Å². The van der Waals surface area contributed by atoms with Crippen LogP contribution >= 0.6 is 0 Å². The van der Waals surface area contributed by atoms with E-state index >= 15 is 0 Å². The van der Waals surface area contributed by atoms with Gasteiger partial charge >= 0.3 is 6.18 Å². The fourth-order valence-corrected chi connectivity index (χ4v) is 2.54. The lowest BCUT2D eigenvalue weighted by Gasteiger charge is -2.11. The molecule has 25 heavy (non-hydrogen) atoms. The zero-order valence-electron chi connectivity index (χ0n) is 12.9. The van der Waals surface area contributed by atoms with Gasteiger partial charge in [-0.25, -0.2) is 4.98 Å². The number of nitrogens with one attached hydrogen (secondary N) is 1. The number of fused-ring (bicyclic) bond motifs is 1. The third-order valence-electron chi connectivity index (χ3n) is 3.65. The van der Waals surface area contributed by atoms with Gasteiger partial charge in [0.15, 0.2) is 0 Å². The number of para-hydroxylation sites is 2. The van der Waals surface area contributed by atoms with Crippen molar-refractivity contribution in [2.75, 3.05) is 5.32 Å². The third kappa shape index (κ3) is 3.63. The van der Waals surface area contributed by atoms with Crippen molar-refractivity contribution in [2.24, 2.45) is 0 Å². The summed E-state index contributed by atoms with van der Waals surface area (Å²) >= 11 is 0. The Bertz CT molecular complexity index is 919. The lowest BCUT2D eigenvalue weighted by Crippen LogP contribution is -2.20. The molecule has 0 aliphatic rings. The standard InChI is InChI=1S/C17H14F3N3O2/c18-17(19,20)11-4-3-5-12(8-11)21-16(25)9-23-14-7-2-1-6-13(14)22-15(23)10-24/h1-8,24H,9-10H2,(H,21,25). The van der Waals surface area contributed by atoms with E-state index in [0.29, 0.717) is 16.9 Å². The van der Waals surface area contributed by atoms with Crippen molar-refractivity contribution in [1.82, 2.24) is 9.55 Å². The Morgan fingerprint density at radius 3 is 2.64 bits per heavy atom. The van der Waals surface area contributed by atoms with E-state index in [9.17, 15) is 23.1 Å². The van der Waals surface area contributed by atoms with Crippen molar-refractivity contribution < 1.29 is 23.1 Å². The highest BCUT2D eigenvalue weighted by atomic mass is 19.4. The fraction of sp³-hybridized carbons (Fsp3) is 0.176. The first-order valence-electron chi connectivity index (χ1n) is 7.40. The van der Waals surface area contributed by atoms with Crippen LogP contribution in [0.4, 0.5) is 18.9 Å². The molecule has 1 aromatic heterocycles. The first kappa shape index (κ1) is 17.0. The lowest BCUT2D eigenvalue weighted by molar-refractivity contribution is -0.137. The quantitative estimate of drug-likeness (QED) is 0.760. The summed E-state index contributed by atoms with van der Waals surface area (Å²) in [5, 5.41) is 11.8. The summed E-state index contributed by atoms with van der Waals surface area (Å²) in [6.07, 6.45) is -4.48. The highest BCUT2D eigenvalue weighted by molar-refractivity contribution is 5.91. The van der Waals surface area contributed by atoms with Crippen LogP contribution in [-0.4, -0.2) is 20.6 Å². The number of imidazole rings is 1. The number of hydrogen-bond acceptors (Lipinski definition) is 3. The van der Waals surface area contributed by atoms with Crippen molar-refractivity contribution in [1.29, 1.82) is 0 Å². The first-order valence-corrected chi connectivity index (χ1v) is 7.40. The summed E-state index contributed by atoms with van der Waals surface area (Å²) in [6.45, 7) is -0.530. The number of aliphatic hydroxyl groups excluding tert-OH is 1. The van der Waals surface area contributed by atoms with Crippen LogP contribution in [0.5, 0.6) is 0 Å². The van der Waals surface area contributed by atoms with Gasteiger partial charge in [0, 0.05) is 5.69 Å². The summed E-state index contributed by atoms with van der Waals surface area (Å²) in [6, 6.07) is 11.5. The highest BCUT2D eigenvalue weighted by Gasteiger charge is 2.30. The smallest absolute Gasteiger partial charge is 0.388 e. The van der Waals surface area contributed by atoms with Gasteiger partial charge in [0.2, 0.25) is 5.91 Å². The lowest BCUT2D eigenvalue weighted by atomic mass is 10.2. The predicted molar refractivity (Wildman–Crippen MR) is 85.7 cm³/mol. The Balaban J connectivity index is 1.82. The van der Waals surface area contributed by atoms with E-state index in [1.54, 1.807) is 24.3 Å². The zero-order chi connectivity index (χ0) is 18.0. The molecule has 8 heteroatoms. The molecule has 130 valence electrons. The molecular weight excluding hydrogens is 335 g/mol. The molecule has 3 aromatic rings. The van der Waals surface area contributed by atoms with Gasteiger partial charge in [0.1, 0.15) is 19.0 Å². The Morgan fingerprint density at radius 2 is 1.92 bits per heavy atom. The van der Waals surface area contributed by atoms with Crippen molar-refractivity contribution >= 4 is 22.6 Å². The van der Waals surface area contributed by atoms with E-state index < -0.39 is 17.6 Å². The maximum Gasteiger partial charge on any atom is 0.416 e. The molecule has 0 spiro atoms. The largest absolute Gasteiger partial charge is 0.416 e. The van der Waals surface area contributed by atoms with Crippen LogP contribution in [0.15, 0.2) is 48.5 Å². The SMILES string of the molecule is O=C(Cn1c(CO)nc2ccccc21)Nc1cccc(C(F)(F)F)c1. The molecule has 5 nitrogen and oxygen atoms in total. The Morgan fingerprint density at radius 1 is 1.16 bits per heavy atom. The van der Waals surface area contributed by atoms with Gasteiger partial charge in [-0.1, -0.05) is 18.2 Å². The number of anilines is 1. The number of aliphatic hydroxyl groups is 1. The van der Waals surface area contributed by atoms with Crippen molar-refractivity contribution in [3.63, 3.8) is 0 Å². The molecule has 2 N–H and O–H groups in total. The second kappa shape index (κ2) is 6.56. The number of benzene rings is 2. The number of alkyl halides is 3. The number of carbonyl (C=O) groups is 1. The minimum absolute atomic E-state index is 0.0507. The molecule has 0 aliphatic carbocycles. The summed E-state index contributed by atoms with van der Waals surface area (Å²) in [5.41, 5.74) is 0.494. The molecule has 0 saturated carbocycles. The number of nitrogens with zero attached hydrogens (tertiary/aromatic N) is 2. The Kier molecular flexibility index (Phi) is 4.45. The van der Waals surface area contributed by atoms with E-state index in [0.717, 1.165) is 12.1 Å². The molecule has 0 fully saturated rings. The van der Waals surface area contributed by atoms with Crippen LogP contribution in [0, 0.1) is 0 Å². The van der Waals surface area contributed by atoms with Crippen LogP contribution in [0.1, 0.15) is 11.4 Å². The van der Waals surface area contributed by atoms with Crippen LogP contribution in [0.3, 0.4) is 0 Å². The number of amides is 1. The first-order chi connectivity index (χ1) is 11.9. The summed E-state index contributed by atoms with van der Waals surface area (Å²) < 4.78 is 39.7. The van der Waals surface area contributed by atoms with Crippen LogP contribution in [0.2, 0.25) is 0 Å². The van der Waals surface area contributed by atoms with Gasteiger partial charge < -0.3 is 15.0 Å². The highest BCUT2D eigenvalue weighted by Crippen LogP contribution is 2.30. The second-order valence-electron chi connectivity index (χ2n) is 5.39. The third-order valence-corrected chi connectivity index (χ3v) is 3.65. The average molecular weight is 349 g/mol. The molecule has 3 rings (SSSR count). The van der Waals surface area contributed by atoms with Gasteiger partial charge in [0.05, 0.1) is 16.6 Å². The molecule has 1 heterocycles. The van der Waals surface area contributed by atoms with Crippen molar-refractivity contribution in [3.8, 4) is 0 Å². The van der Waals surface area contributed by atoms with Gasteiger partial charge in [-0.3, -0.25) is 4.79 Å². The monoisotopic (exact) mass is 349 g/mol. The van der Waals surface area contributed by atoms with E-state index in [-0.39, 0.29) is 18.8 Å². The van der Waals surface area contributed by atoms with E-state index in [4.69, 9.17) is 0 Å². The molecule has 2 aromatic carbocycles. The molecule has 0 saturated heterocycles. The van der Waals surface area contributed by atoms with Crippen molar-refractivity contribution in [2.45, 2.75) is 19.3 Å². The maximum atomic E-state index is 12.7. The minimum atomic E-state index is -4.48. The fourth-order valence-electron chi connectivity index (χ4n) is 2.54. The Hall–Kier alpha value is -2.87. The average Bonchev–Trinajstić information content (AvgIpc) is 2.92.